The fourth-order valence-electron chi connectivity index (χ4n) is 1.77. The van der Waals surface area contributed by atoms with Crippen molar-refractivity contribution in [2.45, 2.75) is 17.1 Å². The van der Waals surface area contributed by atoms with E-state index in [4.69, 9.17) is 0 Å². The molecule has 3 rings (SSSR count). The van der Waals surface area contributed by atoms with Crippen molar-refractivity contribution in [1.29, 1.82) is 0 Å². The number of hydrogen-bond acceptors (Lipinski definition) is 7. The predicted octanol–water partition coefficient (Wildman–Crippen LogP) is 1.98. The van der Waals surface area contributed by atoms with Gasteiger partial charge < -0.3 is 9.67 Å². The molecule has 0 aliphatic carbocycles. The van der Waals surface area contributed by atoms with Gasteiger partial charge in [-0.05, 0) is 24.2 Å². The van der Waals surface area contributed by atoms with Gasteiger partial charge in [0.2, 0.25) is 0 Å². The summed E-state index contributed by atoms with van der Waals surface area (Å²) in [6.07, 6.45) is 3.03. The van der Waals surface area contributed by atoms with Crippen LogP contribution in [0.2, 0.25) is 0 Å². The minimum atomic E-state index is -0.944. The molecule has 3 aromatic heterocycles. The van der Waals surface area contributed by atoms with E-state index in [9.17, 15) is 9.90 Å². The first-order valence-corrected chi connectivity index (χ1v) is 7.20. The van der Waals surface area contributed by atoms with Crippen molar-refractivity contribution >= 4 is 39.3 Å². The molecule has 0 aliphatic heterocycles. The molecule has 20 heavy (non-hydrogen) atoms. The number of rotatable bonds is 3. The van der Waals surface area contributed by atoms with Gasteiger partial charge in [-0.1, -0.05) is 0 Å². The first-order chi connectivity index (χ1) is 9.58. The molecule has 0 saturated carbocycles. The molecular formula is C11H9N5O2S2. The van der Waals surface area contributed by atoms with Gasteiger partial charge in [-0.15, -0.1) is 21.5 Å². The molecule has 0 saturated heterocycles. The van der Waals surface area contributed by atoms with Crippen molar-refractivity contribution in [1.82, 2.24) is 24.7 Å². The molecule has 0 atom stereocenters. The number of aromatic nitrogens is 5. The molecule has 1 N–H and O–H groups in total. The smallest absolute Gasteiger partial charge is 0.346 e. The molecule has 0 spiro atoms. The van der Waals surface area contributed by atoms with Crippen LogP contribution in [0.3, 0.4) is 0 Å². The van der Waals surface area contributed by atoms with E-state index in [1.54, 1.807) is 17.8 Å². The molecular weight excluding hydrogens is 298 g/mol. The molecule has 102 valence electrons. The Kier molecular flexibility index (Phi) is 3.14. The van der Waals surface area contributed by atoms with Crippen LogP contribution in [-0.4, -0.2) is 35.8 Å². The predicted molar refractivity (Wildman–Crippen MR) is 74.2 cm³/mol. The Morgan fingerprint density at radius 1 is 1.45 bits per heavy atom. The number of carboxylic acid groups (broad SMARTS) is 1. The van der Waals surface area contributed by atoms with Crippen LogP contribution in [0.5, 0.6) is 0 Å². The number of aryl methyl sites for hydroxylation is 2. The molecule has 7 nitrogen and oxygen atoms in total. The highest BCUT2D eigenvalue weighted by molar-refractivity contribution is 7.99. The Morgan fingerprint density at radius 3 is 2.90 bits per heavy atom. The van der Waals surface area contributed by atoms with Gasteiger partial charge >= 0.3 is 5.97 Å². The lowest BCUT2D eigenvalue weighted by Crippen LogP contribution is -1.95. The van der Waals surface area contributed by atoms with E-state index >= 15 is 0 Å². The SMILES string of the molecule is Cc1c(C(=O)O)sc2ncnc(Sc3nncn3C)c12. The minimum Gasteiger partial charge on any atom is -0.477 e. The minimum absolute atomic E-state index is 0.292. The molecule has 3 heterocycles. The van der Waals surface area contributed by atoms with E-state index in [0.717, 1.165) is 16.7 Å². The van der Waals surface area contributed by atoms with E-state index in [1.807, 2.05) is 7.05 Å². The zero-order valence-corrected chi connectivity index (χ0v) is 12.2. The first kappa shape index (κ1) is 13.0. The molecule has 0 aromatic carbocycles. The molecule has 0 aliphatic rings. The van der Waals surface area contributed by atoms with Crippen LogP contribution in [0.1, 0.15) is 15.2 Å². The van der Waals surface area contributed by atoms with Gasteiger partial charge in [0.25, 0.3) is 0 Å². The molecule has 0 unspecified atom stereocenters. The third kappa shape index (κ3) is 2.04. The standard InChI is InChI=1S/C11H9N5O2S2/c1-5-6-8(19-7(5)10(17)18)12-3-13-9(6)20-11-15-14-4-16(11)2/h3-4H,1-2H3,(H,17,18). The van der Waals surface area contributed by atoms with Crippen LogP contribution in [0.15, 0.2) is 22.8 Å². The normalized spacial score (nSPS) is 11.1. The maximum atomic E-state index is 11.2. The van der Waals surface area contributed by atoms with Gasteiger partial charge in [0.05, 0.1) is 0 Å². The molecule has 0 radical (unpaired) electrons. The second-order valence-electron chi connectivity index (χ2n) is 4.05. The summed E-state index contributed by atoms with van der Waals surface area (Å²) in [6, 6.07) is 0. The van der Waals surface area contributed by atoms with Gasteiger partial charge in [0.1, 0.15) is 27.4 Å². The zero-order chi connectivity index (χ0) is 14.3. The fraction of sp³-hybridized carbons (Fsp3) is 0.182. The summed E-state index contributed by atoms with van der Waals surface area (Å²) in [5.74, 6) is -0.944. The van der Waals surface area contributed by atoms with Crippen LogP contribution in [0, 0.1) is 6.92 Å². The van der Waals surface area contributed by atoms with E-state index in [2.05, 4.69) is 20.2 Å². The second kappa shape index (κ2) is 4.84. The molecule has 9 heteroatoms. The van der Waals surface area contributed by atoms with E-state index in [-0.39, 0.29) is 0 Å². The Bertz CT molecular complexity index is 810. The summed E-state index contributed by atoms with van der Waals surface area (Å²) in [5, 5.41) is 19.1. The number of fused-ring (bicyclic) bond motifs is 1. The summed E-state index contributed by atoms with van der Waals surface area (Å²) in [6.45, 7) is 1.77. The average molecular weight is 307 g/mol. The molecule has 0 bridgehead atoms. The van der Waals surface area contributed by atoms with Crippen molar-refractivity contribution < 1.29 is 9.90 Å². The first-order valence-electron chi connectivity index (χ1n) is 5.57. The molecule has 0 amide bonds. The highest BCUT2D eigenvalue weighted by Gasteiger charge is 2.19. The van der Waals surface area contributed by atoms with Crippen LogP contribution < -0.4 is 0 Å². The van der Waals surface area contributed by atoms with Crippen LogP contribution in [-0.2, 0) is 7.05 Å². The van der Waals surface area contributed by atoms with Crippen molar-refractivity contribution in [2.75, 3.05) is 0 Å². The third-order valence-corrected chi connectivity index (χ3v) is 4.99. The number of hydrogen-bond donors (Lipinski definition) is 1. The Morgan fingerprint density at radius 2 is 2.25 bits per heavy atom. The largest absolute Gasteiger partial charge is 0.477 e. The quantitative estimate of drug-likeness (QED) is 0.739. The van der Waals surface area contributed by atoms with Crippen LogP contribution in [0.25, 0.3) is 10.2 Å². The Hall–Kier alpha value is -2.00. The number of nitrogens with zero attached hydrogens (tertiary/aromatic N) is 5. The zero-order valence-electron chi connectivity index (χ0n) is 10.6. The summed E-state index contributed by atoms with van der Waals surface area (Å²) in [7, 11) is 1.84. The maximum absolute atomic E-state index is 11.2. The van der Waals surface area contributed by atoms with Crippen molar-refractivity contribution in [3.05, 3.63) is 23.1 Å². The van der Waals surface area contributed by atoms with Crippen molar-refractivity contribution in [3.63, 3.8) is 0 Å². The van der Waals surface area contributed by atoms with Gasteiger partial charge in [0, 0.05) is 12.4 Å². The van der Waals surface area contributed by atoms with Gasteiger partial charge in [-0.3, -0.25) is 0 Å². The lowest BCUT2D eigenvalue weighted by Gasteiger charge is -2.02. The van der Waals surface area contributed by atoms with E-state index < -0.39 is 5.97 Å². The number of thiophene rings is 1. The fourth-order valence-corrected chi connectivity index (χ4v) is 3.73. The second-order valence-corrected chi connectivity index (χ2v) is 6.00. The average Bonchev–Trinajstić information content (AvgIpc) is 2.95. The van der Waals surface area contributed by atoms with E-state index in [1.165, 1.54) is 18.1 Å². The highest BCUT2D eigenvalue weighted by atomic mass is 32.2. The Balaban J connectivity index is 2.16. The summed E-state index contributed by atoms with van der Waals surface area (Å²) >= 11 is 2.50. The summed E-state index contributed by atoms with van der Waals surface area (Å²) in [5.41, 5.74) is 0.683. The van der Waals surface area contributed by atoms with Crippen molar-refractivity contribution in [2.24, 2.45) is 7.05 Å². The molecule has 0 fully saturated rings. The van der Waals surface area contributed by atoms with E-state index in [0.29, 0.717) is 25.5 Å². The maximum Gasteiger partial charge on any atom is 0.346 e. The molecule has 3 aromatic rings. The number of aromatic carboxylic acids is 1. The summed E-state index contributed by atoms with van der Waals surface area (Å²) < 4.78 is 1.78. The monoisotopic (exact) mass is 307 g/mol. The van der Waals surface area contributed by atoms with Crippen LogP contribution >= 0.6 is 23.1 Å². The number of carboxylic acids is 1. The number of carbonyl (C=O) groups is 1. The van der Waals surface area contributed by atoms with Gasteiger partial charge in [-0.25, -0.2) is 14.8 Å². The lowest BCUT2D eigenvalue weighted by atomic mass is 10.2. The topological polar surface area (TPSA) is 93.8 Å². The van der Waals surface area contributed by atoms with Gasteiger partial charge in [-0.2, -0.15) is 0 Å². The third-order valence-electron chi connectivity index (χ3n) is 2.74. The Labute approximate surface area is 121 Å². The lowest BCUT2D eigenvalue weighted by molar-refractivity contribution is 0.0701. The van der Waals surface area contributed by atoms with Crippen molar-refractivity contribution in [3.8, 4) is 0 Å². The highest BCUT2D eigenvalue weighted by Crippen LogP contribution is 2.36. The van der Waals surface area contributed by atoms with Crippen LogP contribution in [0.4, 0.5) is 0 Å². The summed E-state index contributed by atoms with van der Waals surface area (Å²) in [4.78, 5) is 20.5. The van der Waals surface area contributed by atoms with Gasteiger partial charge in [0.15, 0.2) is 5.16 Å².